The van der Waals surface area contributed by atoms with Gasteiger partial charge in [0, 0.05) is 29.1 Å². The molecule has 4 rings (SSSR count). The molecule has 0 aromatic heterocycles. The molecule has 44 heavy (non-hydrogen) atoms. The first kappa shape index (κ1) is 33.0. The normalized spacial score (nSPS) is 12.0. The SMILES string of the molecule is CC(C)NC(=O)[C@@H](Cc1ccccc1)N(Cc1ccc(Cl)cc1Cl)C(=O)CN(c1ccccc1F)S(=O)(=O)c1ccccc1. The molecule has 1 atom stereocenters. The number of rotatable bonds is 12. The number of hydrogen-bond acceptors (Lipinski definition) is 4. The van der Waals surface area contributed by atoms with Crippen LogP contribution in [0.4, 0.5) is 10.1 Å². The molecular formula is C33H32Cl2FN3O4S. The van der Waals surface area contributed by atoms with Crippen molar-refractivity contribution in [3.8, 4) is 0 Å². The fourth-order valence-electron chi connectivity index (χ4n) is 4.66. The molecule has 0 saturated carbocycles. The molecule has 0 aliphatic carbocycles. The van der Waals surface area contributed by atoms with Gasteiger partial charge in [-0.3, -0.25) is 13.9 Å². The van der Waals surface area contributed by atoms with Gasteiger partial charge in [-0.25, -0.2) is 12.8 Å². The van der Waals surface area contributed by atoms with Crippen LogP contribution < -0.4 is 9.62 Å². The summed E-state index contributed by atoms with van der Waals surface area (Å²) in [5, 5.41) is 3.53. The second-order valence-corrected chi connectivity index (χ2v) is 13.1. The van der Waals surface area contributed by atoms with Crippen molar-refractivity contribution in [2.24, 2.45) is 0 Å². The smallest absolute Gasteiger partial charge is 0.264 e. The highest BCUT2D eigenvalue weighted by atomic mass is 35.5. The molecule has 0 aliphatic rings. The molecule has 0 saturated heterocycles. The van der Waals surface area contributed by atoms with Crippen LogP contribution in [0.5, 0.6) is 0 Å². The molecule has 0 spiro atoms. The monoisotopic (exact) mass is 655 g/mol. The summed E-state index contributed by atoms with van der Waals surface area (Å²) in [5.41, 5.74) is 0.961. The Kier molecular flexibility index (Phi) is 11.0. The van der Waals surface area contributed by atoms with Crippen LogP contribution in [-0.2, 0) is 32.6 Å². The number of nitrogens with one attached hydrogen (secondary N) is 1. The lowest BCUT2D eigenvalue weighted by atomic mass is 10.0. The van der Waals surface area contributed by atoms with E-state index in [1.165, 1.54) is 53.4 Å². The minimum Gasteiger partial charge on any atom is -0.352 e. The molecule has 4 aromatic rings. The van der Waals surface area contributed by atoms with Gasteiger partial charge >= 0.3 is 0 Å². The minimum atomic E-state index is -4.41. The Morgan fingerprint density at radius 2 is 1.48 bits per heavy atom. The van der Waals surface area contributed by atoms with Crippen LogP contribution in [0.25, 0.3) is 0 Å². The van der Waals surface area contributed by atoms with Gasteiger partial charge in [0.1, 0.15) is 18.4 Å². The van der Waals surface area contributed by atoms with E-state index in [1.54, 1.807) is 32.0 Å². The van der Waals surface area contributed by atoms with E-state index in [0.29, 0.717) is 10.6 Å². The lowest BCUT2D eigenvalue weighted by Crippen LogP contribution is -2.54. The number of para-hydroxylation sites is 1. The van der Waals surface area contributed by atoms with E-state index in [1.807, 2.05) is 30.3 Å². The predicted molar refractivity (Wildman–Crippen MR) is 172 cm³/mol. The summed E-state index contributed by atoms with van der Waals surface area (Å²) in [6.45, 7) is 2.66. The molecule has 1 N–H and O–H groups in total. The molecule has 0 aliphatic heterocycles. The first-order valence-electron chi connectivity index (χ1n) is 13.9. The quantitative estimate of drug-likeness (QED) is 0.189. The van der Waals surface area contributed by atoms with Crippen LogP contribution in [0.15, 0.2) is 108 Å². The number of anilines is 1. The van der Waals surface area contributed by atoms with E-state index < -0.39 is 40.2 Å². The molecular weight excluding hydrogens is 624 g/mol. The fourth-order valence-corrected chi connectivity index (χ4v) is 6.57. The van der Waals surface area contributed by atoms with Crippen LogP contribution in [0.3, 0.4) is 0 Å². The molecule has 2 amide bonds. The summed E-state index contributed by atoms with van der Waals surface area (Å²) in [6, 6.07) is 25.4. The van der Waals surface area contributed by atoms with Gasteiger partial charge in [0.05, 0.1) is 10.6 Å². The molecule has 0 heterocycles. The summed E-state index contributed by atoms with van der Waals surface area (Å²) in [6.07, 6.45) is 0.126. The molecule has 0 bridgehead atoms. The Labute approximate surface area is 267 Å². The molecule has 7 nitrogen and oxygen atoms in total. The van der Waals surface area contributed by atoms with Crippen LogP contribution in [0, 0.1) is 5.82 Å². The Morgan fingerprint density at radius 1 is 0.864 bits per heavy atom. The number of nitrogens with zero attached hydrogens (tertiary/aromatic N) is 2. The second kappa shape index (κ2) is 14.7. The van der Waals surface area contributed by atoms with Crippen LogP contribution in [0.1, 0.15) is 25.0 Å². The first-order chi connectivity index (χ1) is 21.0. The molecule has 0 radical (unpaired) electrons. The zero-order valence-corrected chi connectivity index (χ0v) is 26.5. The highest BCUT2D eigenvalue weighted by Crippen LogP contribution is 2.28. The van der Waals surface area contributed by atoms with Crippen LogP contribution in [-0.4, -0.2) is 43.8 Å². The van der Waals surface area contributed by atoms with E-state index in [9.17, 15) is 18.0 Å². The Balaban J connectivity index is 1.83. The number of hydrogen-bond donors (Lipinski definition) is 1. The average Bonchev–Trinajstić information content (AvgIpc) is 2.99. The van der Waals surface area contributed by atoms with E-state index >= 15 is 4.39 Å². The van der Waals surface area contributed by atoms with Gasteiger partial charge in [-0.15, -0.1) is 0 Å². The van der Waals surface area contributed by atoms with Gasteiger partial charge in [-0.05, 0) is 61.4 Å². The number of carbonyl (C=O) groups excluding carboxylic acids is 2. The maximum atomic E-state index is 15.2. The highest BCUT2D eigenvalue weighted by Gasteiger charge is 2.35. The minimum absolute atomic E-state index is 0.123. The van der Waals surface area contributed by atoms with E-state index in [-0.39, 0.29) is 34.6 Å². The second-order valence-electron chi connectivity index (χ2n) is 10.4. The molecule has 11 heteroatoms. The van der Waals surface area contributed by atoms with Gasteiger partial charge in [0.25, 0.3) is 10.0 Å². The first-order valence-corrected chi connectivity index (χ1v) is 16.1. The van der Waals surface area contributed by atoms with Gasteiger partial charge in [-0.1, -0.05) is 89.9 Å². The van der Waals surface area contributed by atoms with Crippen molar-refractivity contribution in [1.82, 2.24) is 10.2 Å². The Bertz CT molecular complexity index is 1710. The lowest BCUT2D eigenvalue weighted by molar-refractivity contribution is -0.140. The number of sulfonamides is 1. The predicted octanol–water partition coefficient (Wildman–Crippen LogP) is 6.49. The third kappa shape index (κ3) is 8.16. The fraction of sp³-hybridized carbons (Fsp3) is 0.212. The number of carbonyl (C=O) groups is 2. The summed E-state index contributed by atoms with van der Waals surface area (Å²) in [5.74, 6) is -2.00. The average molecular weight is 657 g/mol. The standard InChI is InChI=1S/C33H32Cl2FN3O4S/c1-23(2)37-33(41)31(19-24-11-5-3-6-12-24)38(21-25-17-18-26(34)20-28(25)35)32(40)22-39(30-16-10-9-15-29(30)36)44(42,43)27-13-7-4-8-14-27/h3-18,20,23,31H,19,21-22H2,1-2H3,(H,37,41)/t31-/m1/s1. The van der Waals surface area contributed by atoms with Crippen molar-refractivity contribution in [2.45, 2.75) is 43.8 Å². The molecule has 0 fully saturated rings. The van der Waals surface area contributed by atoms with Crippen molar-refractivity contribution < 1.29 is 22.4 Å². The largest absolute Gasteiger partial charge is 0.352 e. The third-order valence-electron chi connectivity index (χ3n) is 6.79. The molecule has 4 aromatic carbocycles. The van der Waals surface area contributed by atoms with Crippen LogP contribution >= 0.6 is 23.2 Å². The Morgan fingerprint density at radius 3 is 2.09 bits per heavy atom. The molecule has 0 unspecified atom stereocenters. The number of benzene rings is 4. The topological polar surface area (TPSA) is 86.8 Å². The molecule has 230 valence electrons. The Hall–Kier alpha value is -3.92. The summed E-state index contributed by atoms with van der Waals surface area (Å²) in [4.78, 5) is 29.2. The van der Waals surface area contributed by atoms with Crippen LogP contribution in [0.2, 0.25) is 10.0 Å². The van der Waals surface area contributed by atoms with Gasteiger partial charge in [-0.2, -0.15) is 0 Å². The van der Waals surface area contributed by atoms with E-state index in [4.69, 9.17) is 23.2 Å². The summed E-state index contributed by atoms with van der Waals surface area (Å²) >= 11 is 12.6. The van der Waals surface area contributed by atoms with Crippen molar-refractivity contribution in [3.63, 3.8) is 0 Å². The summed E-state index contributed by atoms with van der Waals surface area (Å²) in [7, 11) is -4.41. The van der Waals surface area contributed by atoms with Crippen molar-refractivity contribution in [2.75, 3.05) is 10.8 Å². The van der Waals surface area contributed by atoms with Crippen molar-refractivity contribution >= 4 is 50.7 Å². The van der Waals surface area contributed by atoms with E-state index in [0.717, 1.165) is 15.9 Å². The highest BCUT2D eigenvalue weighted by molar-refractivity contribution is 7.92. The van der Waals surface area contributed by atoms with Gasteiger partial charge < -0.3 is 10.2 Å². The third-order valence-corrected chi connectivity index (χ3v) is 9.15. The zero-order valence-electron chi connectivity index (χ0n) is 24.2. The summed E-state index contributed by atoms with van der Waals surface area (Å²) < 4.78 is 43.7. The van der Waals surface area contributed by atoms with E-state index in [2.05, 4.69) is 5.32 Å². The van der Waals surface area contributed by atoms with Gasteiger partial charge in [0.2, 0.25) is 11.8 Å². The zero-order chi connectivity index (χ0) is 31.9. The lowest BCUT2D eigenvalue weighted by Gasteiger charge is -2.34. The van der Waals surface area contributed by atoms with Gasteiger partial charge in [0.15, 0.2) is 0 Å². The number of halogens is 3. The maximum Gasteiger partial charge on any atom is 0.264 e. The van der Waals surface area contributed by atoms with Crippen molar-refractivity contribution in [3.05, 3.63) is 130 Å². The number of amides is 2. The maximum absolute atomic E-state index is 15.2. The van der Waals surface area contributed by atoms with Crippen molar-refractivity contribution in [1.29, 1.82) is 0 Å².